The fraction of sp³-hybridized carbons (Fsp3) is 0.929. The van der Waals surface area contributed by atoms with Gasteiger partial charge in [-0.25, -0.2) is 0 Å². The van der Waals surface area contributed by atoms with E-state index in [0.29, 0.717) is 13.0 Å². The molecule has 0 radical (unpaired) electrons. The zero-order valence-electron chi connectivity index (χ0n) is 11.7. The summed E-state index contributed by atoms with van der Waals surface area (Å²) < 4.78 is 5.29. The summed E-state index contributed by atoms with van der Waals surface area (Å²) in [6.45, 7) is 5.39. The van der Waals surface area contributed by atoms with Gasteiger partial charge in [-0.1, -0.05) is 6.42 Å². The molecular formula is C14H26N2O3. The van der Waals surface area contributed by atoms with E-state index in [1.807, 2.05) is 0 Å². The van der Waals surface area contributed by atoms with Crippen LogP contribution >= 0.6 is 0 Å². The van der Waals surface area contributed by atoms with Crippen molar-refractivity contribution in [3.63, 3.8) is 0 Å². The van der Waals surface area contributed by atoms with Gasteiger partial charge >= 0.3 is 0 Å². The number of aliphatic hydroxyl groups excluding tert-OH is 1. The average Bonchev–Trinajstić information content (AvgIpc) is 2.39. The number of amides is 1. The van der Waals surface area contributed by atoms with Gasteiger partial charge in [-0.15, -0.1) is 0 Å². The number of morpholine rings is 1. The Morgan fingerprint density at radius 1 is 1.32 bits per heavy atom. The number of aliphatic hydroxyl groups is 1. The molecule has 1 heterocycles. The largest absolute Gasteiger partial charge is 0.396 e. The zero-order valence-corrected chi connectivity index (χ0v) is 11.7. The molecular weight excluding hydrogens is 244 g/mol. The number of nitrogens with one attached hydrogen (secondary N) is 1. The Morgan fingerprint density at radius 3 is 2.63 bits per heavy atom. The summed E-state index contributed by atoms with van der Waals surface area (Å²) in [5.41, 5.74) is -0.0140. The van der Waals surface area contributed by atoms with Crippen molar-refractivity contribution in [2.45, 2.75) is 32.1 Å². The average molecular weight is 270 g/mol. The second kappa shape index (κ2) is 7.22. The summed E-state index contributed by atoms with van der Waals surface area (Å²) in [5.74, 6) is 0.119. The van der Waals surface area contributed by atoms with Crippen LogP contribution in [-0.4, -0.2) is 61.9 Å². The number of carbonyl (C=O) groups is 1. The Bertz CT molecular complexity index is 281. The summed E-state index contributed by atoms with van der Waals surface area (Å²) in [7, 11) is 0. The minimum atomic E-state index is -0.0140. The van der Waals surface area contributed by atoms with Crippen LogP contribution in [0, 0.1) is 5.41 Å². The van der Waals surface area contributed by atoms with Crippen molar-refractivity contribution in [1.82, 2.24) is 10.2 Å². The molecule has 19 heavy (non-hydrogen) atoms. The Kier molecular flexibility index (Phi) is 5.60. The molecule has 2 N–H and O–H groups in total. The molecule has 1 aliphatic carbocycles. The number of hydrogen-bond donors (Lipinski definition) is 2. The third kappa shape index (κ3) is 4.44. The lowest BCUT2D eigenvalue weighted by Gasteiger charge is -2.40. The standard InChI is InChI=1S/C14H26N2O3/c17-12-14(4-2-5-14)11-15-13(18)3-1-6-16-7-9-19-10-8-16/h17H,1-12H2,(H,15,18). The van der Waals surface area contributed by atoms with E-state index in [2.05, 4.69) is 10.2 Å². The Hall–Kier alpha value is -0.650. The number of hydrogen-bond acceptors (Lipinski definition) is 4. The van der Waals surface area contributed by atoms with E-state index in [0.717, 1.165) is 52.1 Å². The van der Waals surface area contributed by atoms with Crippen LogP contribution in [-0.2, 0) is 9.53 Å². The first-order valence-corrected chi connectivity index (χ1v) is 7.42. The summed E-state index contributed by atoms with van der Waals surface area (Å²) in [6.07, 6.45) is 4.74. The SMILES string of the molecule is O=C(CCCN1CCOCC1)NCC1(CO)CCC1. The van der Waals surface area contributed by atoms with Gasteiger partial charge in [0.05, 0.1) is 19.8 Å². The highest BCUT2D eigenvalue weighted by molar-refractivity contribution is 5.75. The summed E-state index contributed by atoms with van der Waals surface area (Å²) in [5, 5.41) is 12.3. The topological polar surface area (TPSA) is 61.8 Å². The minimum absolute atomic E-state index is 0.0140. The molecule has 0 aromatic rings. The van der Waals surface area contributed by atoms with Gasteiger partial charge in [-0.3, -0.25) is 9.69 Å². The first kappa shape index (κ1) is 14.8. The number of ether oxygens (including phenoxy) is 1. The van der Waals surface area contributed by atoms with Gasteiger partial charge in [0.15, 0.2) is 0 Å². The molecule has 2 aliphatic rings. The fourth-order valence-corrected chi connectivity index (χ4v) is 2.73. The minimum Gasteiger partial charge on any atom is -0.396 e. The summed E-state index contributed by atoms with van der Waals surface area (Å²) in [4.78, 5) is 14.1. The van der Waals surface area contributed by atoms with Crippen molar-refractivity contribution in [2.24, 2.45) is 5.41 Å². The molecule has 1 aliphatic heterocycles. The van der Waals surface area contributed by atoms with E-state index in [1.165, 1.54) is 6.42 Å². The highest BCUT2D eigenvalue weighted by Crippen LogP contribution is 2.39. The molecule has 5 heteroatoms. The molecule has 0 bridgehead atoms. The van der Waals surface area contributed by atoms with Crippen molar-refractivity contribution < 1.29 is 14.6 Å². The molecule has 0 atom stereocenters. The van der Waals surface area contributed by atoms with Crippen LogP contribution in [0.5, 0.6) is 0 Å². The van der Waals surface area contributed by atoms with Crippen molar-refractivity contribution in [3.8, 4) is 0 Å². The molecule has 0 unspecified atom stereocenters. The lowest BCUT2D eigenvalue weighted by molar-refractivity contribution is -0.122. The van der Waals surface area contributed by atoms with Gasteiger partial charge in [0.2, 0.25) is 5.91 Å². The van der Waals surface area contributed by atoms with Gasteiger partial charge < -0.3 is 15.2 Å². The van der Waals surface area contributed by atoms with Crippen LogP contribution in [0.2, 0.25) is 0 Å². The second-order valence-electron chi connectivity index (χ2n) is 5.85. The molecule has 1 saturated heterocycles. The van der Waals surface area contributed by atoms with Crippen molar-refractivity contribution >= 4 is 5.91 Å². The van der Waals surface area contributed by atoms with E-state index in [4.69, 9.17) is 4.74 Å². The molecule has 0 spiro atoms. The third-order valence-corrected chi connectivity index (χ3v) is 4.39. The zero-order chi connectivity index (χ0) is 13.6. The third-order valence-electron chi connectivity index (χ3n) is 4.39. The number of carbonyl (C=O) groups excluding carboxylic acids is 1. The van der Waals surface area contributed by atoms with Crippen LogP contribution in [0.4, 0.5) is 0 Å². The first-order chi connectivity index (χ1) is 9.24. The molecule has 1 amide bonds. The predicted octanol–water partition coefficient (Wildman–Crippen LogP) is 0.378. The van der Waals surface area contributed by atoms with Gasteiger partial charge in [0, 0.05) is 31.5 Å². The molecule has 2 rings (SSSR count). The van der Waals surface area contributed by atoms with Crippen LogP contribution in [0.25, 0.3) is 0 Å². The van der Waals surface area contributed by atoms with Crippen molar-refractivity contribution in [2.75, 3.05) is 46.0 Å². The maximum Gasteiger partial charge on any atom is 0.220 e. The van der Waals surface area contributed by atoms with E-state index in [1.54, 1.807) is 0 Å². The maximum absolute atomic E-state index is 11.8. The molecule has 2 fully saturated rings. The molecule has 0 aromatic heterocycles. The first-order valence-electron chi connectivity index (χ1n) is 7.42. The van der Waals surface area contributed by atoms with E-state index >= 15 is 0 Å². The fourth-order valence-electron chi connectivity index (χ4n) is 2.73. The quantitative estimate of drug-likeness (QED) is 0.702. The van der Waals surface area contributed by atoms with Gasteiger partial charge in [0.1, 0.15) is 0 Å². The summed E-state index contributed by atoms with van der Waals surface area (Å²) in [6, 6.07) is 0. The highest BCUT2D eigenvalue weighted by Gasteiger charge is 2.36. The smallest absolute Gasteiger partial charge is 0.220 e. The second-order valence-corrected chi connectivity index (χ2v) is 5.85. The number of rotatable bonds is 7. The molecule has 110 valence electrons. The van der Waals surface area contributed by atoms with Crippen LogP contribution in [0.15, 0.2) is 0 Å². The molecule has 0 aromatic carbocycles. The van der Waals surface area contributed by atoms with E-state index < -0.39 is 0 Å². The van der Waals surface area contributed by atoms with Crippen LogP contribution in [0.1, 0.15) is 32.1 Å². The van der Waals surface area contributed by atoms with E-state index in [-0.39, 0.29) is 17.9 Å². The Labute approximate surface area is 115 Å². The Balaban J connectivity index is 1.54. The maximum atomic E-state index is 11.8. The summed E-state index contributed by atoms with van der Waals surface area (Å²) >= 11 is 0. The normalized spacial score (nSPS) is 22.8. The Morgan fingerprint density at radius 2 is 2.05 bits per heavy atom. The van der Waals surface area contributed by atoms with Crippen molar-refractivity contribution in [3.05, 3.63) is 0 Å². The predicted molar refractivity (Wildman–Crippen MR) is 72.9 cm³/mol. The van der Waals surface area contributed by atoms with Crippen LogP contribution in [0.3, 0.4) is 0 Å². The van der Waals surface area contributed by atoms with Crippen molar-refractivity contribution in [1.29, 1.82) is 0 Å². The highest BCUT2D eigenvalue weighted by atomic mass is 16.5. The van der Waals surface area contributed by atoms with Gasteiger partial charge in [-0.05, 0) is 25.8 Å². The lowest BCUT2D eigenvalue weighted by atomic mass is 9.69. The number of nitrogens with zero attached hydrogens (tertiary/aromatic N) is 1. The molecule has 1 saturated carbocycles. The monoisotopic (exact) mass is 270 g/mol. The van der Waals surface area contributed by atoms with E-state index in [9.17, 15) is 9.90 Å². The van der Waals surface area contributed by atoms with Crippen LogP contribution < -0.4 is 5.32 Å². The lowest BCUT2D eigenvalue weighted by Crippen LogP contribution is -2.44. The van der Waals surface area contributed by atoms with Gasteiger partial charge in [0.25, 0.3) is 0 Å². The molecule has 5 nitrogen and oxygen atoms in total. The van der Waals surface area contributed by atoms with Gasteiger partial charge in [-0.2, -0.15) is 0 Å².